The number of anilines is 1. The van der Waals surface area contributed by atoms with Crippen LogP contribution in [0.25, 0.3) is 0 Å². The van der Waals surface area contributed by atoms with E-state index in [1.54, 1.807) is 11.3 Å². The first-order valence-electron chi connectivity index (χ1n) is 8.05. The predicted molar refractivity (Wildman–Crippen MR) is 119 cm³/mol. The van der Waals surface area contributed by atoms with Crippen molar-refractivity contribution in [3.8, 4) is 0 Å². The van der Waals surface area contributed by atoms with Gasteiger partial charge in [0.2, 0.25) is 0 Å². The van der Waals surface area contributed by atoms with Crippen molar-refractivity contribution in [3.63, 3.8) is 0 Å². The zero-order valence-corrected chi connectivity index (χ0v) is 18.6. The van der Waals surface area contributed by atoms with Crippen molar-refractivity contribution in [1.29, 1.82) is 0 Å². The molecule has 26 heavy (non-hydrogen) atoms. The predicted octanol–water partition coefficient (Wildman–Crippen LogP) is 6.15. The summed E-state index contributed by atoms with van der Waals surface area (Å²) in [6.07, 6.45) is 1.83. The molecule has 1 saturated heterocycles. The highest BCUT2D eigenvalue weighted by Crippen LogP contribution is 2.44. The van der Waals surface area contributed by atoms with E-state index in [0.717, 1.165) is 25.4 Å². The van der Waals surface area contributed by atoms with E-state index in [-0.39, 0.29) is 12.1 Å². The lowest BCUT2D eigenvalue weighted by molar-refractivity contribution is 0.575. The van der Waals surface area contributed by atoms with Gasteiger partial charge in [0, 0.05) is 31.1 Å². The molecule has 0 spiro atoms. The van der Waals surface area contributed by atoms with Crippen molar-refractivity contribution in [3.05, 3.63) is 79.1 Å². The second kappa shape index (κ2) is 7.38. The maximum absolute atomic E-state index is 5.73. The molecule has 1 N–H and O–H groups in total. The first kappa shape index (κ1) is 18.1. The largest absolute Gasteiger partial charge is 0.351 e. The minimum atomic E-state index is -0.00166. The van der Waals surface area contributed by atoms with Crippen LogP contribution in [0.1, 0.15) is 28.2 Å². The summed E-state index contributed by atoms with van der Waals surface area (Å²) in [6, 6.07) is 14.5. The molecule has 2 atom stereocenters. The van der Waals surface area contributed by atoms with Gasteiger partial charge in [0.25, 0.3) is 0 Å². The van der Waals surface area contributed by atoms with Gasteiger partial charge in [-0.1, -0.05) is 22.0 Å². The molecule has 0 unspecified atom stereocenters. The minimum Gasteiger partial charge on any atom is -0.351 e. The molecule has 3 heterocycles. The molecule has 0 radical (unpaired) electrons. The monoisotopic (exact) mass is 507 g/mol. The van der Waals surface area contributed by atoms with Crippen molar-refractivity contribution in [2.24, 2.45) is 0 Å². The molecule has 0 bridgehead atoms. The maximum atomic E-state index is 5.73. The van der Waals surface area contributed by atoms with E-state index in [4.69, 9.17) is 12.2 Å². The summed E-state index contributed by atoms with van der Waals surface area (Å²) in [6.45, 7) is 2.09. The Morgan fingerprint density at radius 1 is 1.19 bits per heavy atom. The van der Waals surface area contributed by atoms with Crippen LogP contribution in [0.15, 0.2) is 63.0 Å². The fourth-order valence-electron chi connectivity index (χ4n) is 3.18. The summed E-state index contributed by atoms with van der Waals surface area (Å²) in [4.78, 5) is 8.01. The van der Waals surface area contributed by atoms with Gasteiger partial charge in [-0.15, -0.1) is 11.3 Å². The molecule has 0 saturated carbocycles. The zero-order valence-electron chi connectivity index (χ0n) is 13.8. The first-order valence-corrected chi connectivity index (χ1v) is 10.9. The summed E-state index contributed by atoms with van der Waals surface area (Å²) in [7, 11) is 0. The topological polar surface area (TPSA) is 28.2 Å². The van der Waals surface area contributed by atoms with Gasteiger partial charge in [-0.25, -0.2) is 0 Å². The molecule has 132 valence electrons. The van der Waals surface area contributed by atoms with Crippen LogP contribution >= 0.6 is 55.4 Å². The normalized spacial score (nSPS) is 19.7. The fraction of sp³-hybridized carbons (Fsp3) is 0.158. The van der Waals surface area contributed by atoms with E-state index >= 15 is 0 Å². The van der Waals surface area contributed by atoms with Gasteiger partial charge in [0.05, 0.1) is 17.8 Å². The maximum Gasteiger partial charge on any atom is 0.174 e. The first-order chi connectivity index (χ1) is 12.5. The minimum absolute atomic E-state index is 0.00166. The van der Waals surface area contributed by atoms with Crippen molar-refractivity contribution in [1.82, 2.24) is 10.3 Å². The molecule has 2 aromatic heterocycles. The molecule has 4 rings (SSSR count). The van der Waals surface area contributed by atoms with Gasteiger partial charge < -0.3 is 10.2 Å². The number of aromatic nitrogens is 1. The van der Waals surface area contributed by atoms with Crippen LogP contribution in [0.3, 0.4) is 0 Å². The number of rotatable bonds is 3. The van der Waals surface area contributed by atoms with Gasteiger partial charge in [-0.2, -0.15) is 0 Å². The average Bonchev–Trinajstić information content (AvgIpc) is 3.21. The van der Waals surface area contributed by atoms with Crippen LogP contribution in [0.2, 0.25) is 0 Å². The van der Waals surface area contributed by atoms with Gasteiger partial charge in [-0.05, 0) is 77.0 Å². The molecule has 1 aromatic carbocycles. The third kappa shape index (κ3) is 3.33. The summed E-state index contributed by atoms with van der Waals surface area (Å²) >= 11 is 14.6. The number of nitrogens with zero attached hydrogens (tertiary/aromatic N) is 2. The quantitative estimate of drug-likeness (QED) is 0.429. The van der Waals surface area contributed by atoms with Crippen LogP contribution in [0.5, 0.6) is 0 Å². The number of benzene rings is 1. The molecule has 3 nitrogen and oxygen atoms in total. The van der Waals surface area contributed by atoms with Gasteiger partial charge >= 0.3 is 0 Å². The lowest BCUT2D eigenvalue weighted by atomic mass is 10.0. The highest BCUT2D eigenvalue weighted by molar-refractivity contribution is 9.10. The van der Waals surface area contributed by atoms with Crippen molar-refractivity contribution in [2.45, 2.75) is 19.0 Å². The van der Waals surface area contributed by atoms with E-state index in [9.17, 15) is 0 Å². The van der Waals surface area contributed by atoms with E-state index < -0.39 is 0 Å². The fourth-order valence-corrected chi connectivity index (χ4v) is 5.35. The Bertz CT molecular complexity index is 958. The van der Waals surface area contributed by atoms with Crippen molar-refractivity contribution >= 4 is 66.2 Å². The van der Waals surface area contributed by atoms with Crippen LogP contribution in [-0.4, -0.2) is 10.1 Å². The molecule has 1 aliphatic rings. The summed E-state index contributed by atoms with van der Waals surface area (Å²) in [5.74, 6) is 0. The Kier molecular flexibility index (Phi) is 5.14. The van der Waals surface area contributed by atoms with Crippen LogP contribution in [-0.2, 0) is 0 Å². The Labute approximate surface area is 178 Å². The average molecular weight is 509 g/mol. The van der Waals surface area contributed by atoms with Gasteiger partial charge in [-0.3, -0.25) is 4.98 Å². The number of thiocarbonyl (C=S) groups is 1. The highest BCUT2D eigenvalue weighted by atomic mass is 79.9. The highest BCUT2D eigenvalue weighted by Gasteiger charge is 2.41. The molecule has 0 amide bonds. The summed E-state index contributed by atoms with van der Waals surface area (Å²) in [5, 5.41) is 6.31. The third-order valence-electron chi connectivity index (χ3n) is 4.40. The van der Waals surface area contributed by atoms with E-state index in [0.29, 0.717) is 0 Å². The number of hydrogen-bond acceptors (Lipinski definition) is 3. The second-order valence-corrected chi connectivity index (χ2v) is 9.20. The molecule has 7 heteroatoms. The summed E-state index contributed by atoms with van der Waals surface area (Å²) < 4.78 is 2.18. The number of thiophene rings is 1. The van der Waals surface area contributed by atoms with E-state index in [1.807, 2.05) is 24.4 Å². The molecular weight excluding hydrogens is 494 g/mol. The van der Waals surface area contributed by atoms with Gasteiger partial charge in [0.15, 0.2) is 5.11 Å². The van der Waals surface area contributed by atoms with Crippen LogP contribution in [0.4, 0.5) is 5.69 Å². The molecule has 3 aromatic rings. The number of pyridine rings is 1. The zero-order chi connectivity index (χ0) is 18.3. The van der Waals surface area contributed by atoms with Crippen LogP contribution < -0.4 is 10.2 Å². The van der Waals surface area contributed by atoms with Gasteiger partial charge in [0.1, 0.15) is 0 Å². The SMILES string of the molecule is Cc1cc(N2C(=S)N[C@@H](c3ccccn3)[C@H]2c2cc(Br)cs2)ccc1Br. The Morgan fingerprint density at radius 2 is 2.04 bits per heavy atom. The standard InChI is InChI=1S/C19H15Br2N3S2/c1-11-8-13(5-6-14(11)21)24-18(16-9-12(20)10-26-16)17(23-19(24)25)15-4-2-3-7-22-15/h2-10,17-18H,1H3,(H,23,25)/t17-,18+/m0/s1. The Morgan fingerprint density at radius 3 is 2.69 bits per heavy atom. The molecule has 1 fully saturated rings. The Balaban J connectivity index is 1.83. The van der Waals surface area contributed by atoms with Crippen molar-refractivity contribution in [2.75, 3.05) is 4.90 Å². The molecular formula is C19H15Br2N3S2. The number of nitrogens with one attached hydrogen (secondary N) is 1. The number of hydrogen-bond donors (Lipinski definition) is 1. The van der Waals surface area contributed by atoms with Crippen molar-refractivity contribution < 1.29 is 0 Å². The van der Waals surface area contributed by atoms with Crippen LogP contribution in [0, 0.1) is 6.92 Å². The molecule has 0 aliphatic carbocycles. The van der Waals surface area contributed by atoms with E-state index in [1.165, 1.54) is 10.4 Å². The smallest absolute Gasteiger partial charge is 0.174 e. The lowest BCUT2D eigenvalue weighted by Crippen LogP contribution is -2.29. The third-order valence-corrected chi connectivity index (χ3v) is 7.37. The number of halogens is 2. The lowest BCUT2D eigenvalue weighted by Gasteiger charge is -2.27. The summed E-state index contributed by atoms with van der Waals surface area (Å²) in [5.41, 5.74) is 3.24. The number of aryl methyl sites for hydroxylation is 1. The molecule has 1 aliphatic heterocycles. The van der Waals surface area contributed by atoms with E-state index in [2.05, 4.69) is 83.6 Å². The Hall–Kier alpha value is -1.28. The second-order valence-electron chi connectivity index (χ2n) is 6.10.